The molecule has 43 heavy (non-hydrogen) atoms. The second-order valence-electron chi connectivity index (χ2n) is 10.6. The molecule has 1 aliphatic carbocycles. The average molecular weight is 619 g/mol. The van der Waals surface area contributed by atoms with Crippen molar-refractivity contribution < 1.29 is 14.4 Å². The molecule has 13 heteroatoms. The van der Waals surface area contributed by atoms with Crippen LogP contribution < -0.4 is 21.3 Å². The second-order valence-corrected chi connectivity index (χ2v) is 12.6. The molecular weight excluding hydrogens is 585 g/mol. The van der Waals surface area contributed by atoms with Gasteiger partial charge in [0.15, 0.2) is 0 Å². The van der Waals surface area contributed by atoms with Crippen LogP contribution in [0.5, 0.6) is 0 Å². The fraction of sp³-hybridized carbons (Fsp3) is 0.367. The van der Waals surface area contributed by atoms with Gasteiger partial charge < -0.3 is 21.3 Å². The molecule has 5 rings (SSSR count). The van der Waals surface area contributed by atoms with Crippen molar-refractivity contribution in [2.75, 3.05) is 27.8 Å². The third-order valence-electron chi connectivity index (χ3n) is 7.10. The Morgan fingerprint density at radius 1 is 0.721 bits per heavy atom. The zero-order valence-electron chi connectivity index (χ0n) is 24.1. The summed E-state index contributed by atoms with van der Waals surface area (Å²) >= 11 is 3.04. The number of hydrogen-bond donors (Lipinski definition) is 4. The molecule has 0 spiro atoms. The van der Waals surface area contributed by atoms with E-state index in [1.165, 1.54) is 30.7 Å². The summed E-state index contributed by atoms with van der Waals surface area (Å²) in [6.45, 7) is 3.69. The molecule has 1 fully saturated rings. The SMILES string of the molecule is CC(=O)Nc1ccc(CCNc2nnc(C3CCCC(c4nnc(NC(=O)Cc5ccc(NC(C)=O)cc5)s4)C3)s2)cc1. The van der Waals surface area contributed by atoms with E-state index in [9.17, 15) is 14.4 Å². The van der Waals surface area contributed by atoms with Crippen molar-refractivity contribution >= 4 is 62.0 Å². The number of hydrogen-bond acceptors (Lipinski definition) is 10. The highest BCUT2D eigenvalue weighted by Gasteiger charge is 2.29. The van der Waals surface area contributed by atoms with Crippen LogP contribution >= 0.6 is 22.7 Å². The van der Waals surface area contributed by atoms with Crippen molar-refractivity contribution in [3.8, 4) is 0 Å². The van der Waals surface area contributed by atoms with E-state index < -0.39 is 0 Å². The van der Waals surface area contributed by atoms with E-state index in [0.29, 0.717) is 16.7 Å². The Bertz CT molecular complexity index is 1550. The van der Waals surface area contributed by atoms with Crippen LogP contribution in [0.3, 0.4) is 0 Å². The Balaban J connectivity index is 1.09. The first-order valence-corrected chi connectivity index (χ1v) is 15.9. The van der Waals surface area contributed by atoms with E-state index in [2.05, 4.69) is 41.7 Å². The first kappa shape index (κ1) is 30.2. The molecule has 0 saturated heterocycles. The van der Waals surface area contributed by atoms with Crippen LogP contribution in [0.1, 0.15) is 72.5 Å². The average Bonchev–Trinajstić information content (AvgIpc) is 3.65. The molecule has 1 aliphatic rings. The zero-order valence-corrected chi connectivity index (χ0v) is 25.7. The summed E-state index contributed by atoms with van der Waals surface area (Å²) in [4.78, 5) is 35.0. The number of rotatable bonds is 11. The molecule has 2 heterocycles. The Labute approximate surface area is 257 Å². The smallest absolute Gasteiger partial charge is 0.230 e. The fourth-order valence-corrected chi connectivity index (χ4v) is 6.91. The Morgan fingerprint density at radius 2 is 1.26 bits per heavy atom. The number of nitrogens with zero attached hydrogens (tertiary/aromatic N) is 4. The van der Waals surface area contributed by atoms with E-state index in [4.69, 9.17) is 0 Å². The van der Waals surface area contributed by atoms with Crippen molar-refractivity contribution in [2.45, 2.75) is 64.2 Å². The molecular formula is C30H34N8O3S2. The summed E-state index contributed by atoms with van der Waals surface area (Å²) < 4.78 is 0. The predicted octanol–water partition coefficient (Wildman–Crippen LogP) is 5.58. The van der Waals surface area contributed by atoms with Gasteiger partial charge in [-0.3, -0.25) is 14.4 Å². The molecule has 11 nitrogen and oxygen atoms in total. The molecule has 4 aromatic rings. The van der Waals surface area contributed by atoms with Gasteiger partial charge in [-0.15, -0.1) is 20.4 Å². The minimum Gasteiger partial charge on any atom is -0.360 e. The van der Waals surface area contributed by atoms with Gasteiger partial charge in [0.05, 0.1) is 6.42 Å². The molecule has 2 unspecified atom stereocenters. The van der Waals surface area contributed by atoms with Crippen molar-refractivity contribution in [3.63, 3.8) is 0 Å². The van der Waals surface area contributed by atoms with Crippen LogP contribution in [0, 0.1) is 0 Å². The summed E-state index contributed by atoms with van der Waals surface area (Å²) in [5.41, 5.74) is 3.50. The van der Waals surface area contributed by atoms with Gasteiger partial charge in [0.2, 0.25) is 28.0 Å². The van der Waals surface area contributed by atoms with Crippen molar-refractivity contribution in [1.82, 2.24) is 20.4 Å². The van der Waals surface area contributed by atoms with Gasteiger partial charge in [0.25, 0.3) is 0 Å². The lowest BCUT2D eigenvalue weighted by molar-refractivity contribution is -0.116. The summed E-state index contributed by atoms with van der Waals surface area (Å²) in [7, 11) is 0. The van der Waals surface area contributed by atoms with Crippen LogP contribution in [-0.2, 0) is 27.2 Å². The number of carbonyl (C=O) groups is 3. The topological polar surface area (TPSA) is 151 Å². The van der Waals surface area contributed by atoms with Gasteiger partial charge >= 0.3 is 0 Å². The summed E-state index contributed by atoms with van der Waals surface area (Å²) in [5, 5.41) is 32.6. The molecule has 0 radical (unpaired) electrons. The molecule has 2 aromatic heterocycles. The van der Waals surface area contributed by atoms with Gasteiger partial charge in [0.1, 0.15) is 10.0 Å². The third kappa shape index (κ3) is 8.88. The summed E-state index contributed by atoms with van der Waals surface area (Å²) in [6, 6.07) is 15.0. The van der Waals surface area contributed by atoms with E-state index in [1.807, 2.05) is 36.4 Å². The molecule has 1 saturated carbocycles. The normalized spacial score (nSPS) is 16.3. The first-order valence-electron chi connectivity index (χ1n) is 14.2. The molecule has 2 aromatic carbocycles. The number of nitrogens with one attached hydrogen (secondary N) is 4. The van der Waals surface area contributed by atoms with Crippen LogP contribution in [-0.4, -0.2) is 44.7 Å². The lowest BCUT2D eigenvalue weighted by Crippen LogP contribution is -2.14. The number of benzene rings is 2. The fourth-order valence-electron chi connectivity index (χ4n) is 5.09. The maximum absolute atomic E-state index is 12.6. The molecule has 4 N–H and O–H groups in total. The zero-order chi connectivity index (χ0) is 30.2. The minimum absolute atomic E-state index is 0.0803. The monoisotopic (exact) mass is 618 g/mol. The van der Waals surface area contributed by atoms with Gasteiger partial charge in [0, 0.05) is 43.6 Å². The lowest BCUT2D eigenvalue weighted by atomic mass is 9.82. The van der Waals surface area contributed by atoms with Crippen molar-refractivity contribution in [3.05, 3.63) is 69.7 Å². The Kier molecular flexibility index (Phi) is 10.1. The second kappa shape index (κ2) is 14.3. The standard InChI is InChI=1S/C30H34N8O3S2/c1-18(39)32-24-10-6-20(7-11-24)14-15-31-29-37-35-27(42-29)22-4-3-5-23(17-22)28-36-38-30(43-28)34-26(41)16-21-8-12-25(13-9-21)33-19(2)40/h6-13,22-23H,3-5,14-17H2,1-2H3,(H,31,37)(H,32,39)(H,33,40)(H,34,38,41). The van der Waals surface area contributed by atoms with Gasteiger partial charge in [-0.2, -0.15) is 0 Å². The maximum atomic E-state index is 12.6. The maximum Gasteiger partial charge on any atom is 0.230 e. The van der Waals surface area contributed by atoms with E-state index in [1.54, 1.807) is 23.5 Å². The van der Waals surface area contributed by atoms with Gasteiger partial charge in [-0.05, 0) is 61.1 Å². The van der Waals surface area contributed by atoms with Gasteiger partial charge in [-0.1, -0.05) is 53.4 Å². The highest BCUT2D eigenvalue weighted by Crippen LogP contribution is 2.43. The predicted molar refractivity (Wildman–Crippen MR) is 170 cm³/mol. The molecule has 224 valence electrons. The highest BCUT2D eigenvalue weighted by atomic mass is 32.1. The number of aromatic nitrogens is 4. The van der Waals surface area contributed by atoms with E-state index >= 15 is 0 Å². The molecule has 0 bridgehead atoms. The van der Waals surface area contributed by atoms with Crippen LogP contribution in [0.2, 0.25) is 0 Å². The quantitative estimate of drug-likeness (QED) is 0.170. The third-order valence-corrected chi connectivity index (χ3v) is 9.15. The van der Waals surface area contributed by atoms with Crippen LogP contribution in [0.25, 0.3) is 0 Å². The number of anilines is 4. The molecule has 2 atom stereocenters. The van der Waals surface area contributed by atoms with Gasteiger partial charge in [-0.25, -0.2) is 0 Å². The number of amides is 3. The largest absolute Gasteiger partial charge is 0.360 e. The summed E-state index contributed by atoms with van der Waals surface area (Å²) in [6.07, 6.45) is 5.14. The van der Waals surface area contributed by atoms with E-state index in [0.717, 1.165) is 65.0 Å². The highest BCUT2D eigenvalue weighted by molar-refractivity contribution is 7.15. The van der Waals surface area contributed by atoms with Crippen molar-refractivity contribution in [1.29, 1.82) is 0 Å². The minimum atomic E-state index is -0.160. The lowest BCUT2D eigenvalue weighted by Gasteiger charge is -2.25. The van der Waals surface area contributed by atoms with E-state index in [-0.39, 0.29) is 30.1 Å². The van der Waals surface area contributed by atoms with Crippen molar-refractivity contribution in [2.24, 2.45) is 0 Å². The Hall–Kier alpha value is -4.23. The number of carbonyl (C=O) groups excluding carboxylic acids is 3. The Morgan fingerprint density at radius 3 is 1.84 bits per heavy atom. The van der Waals surface area contributed by atoms with Crippen LogP contribution in [0.4, 0.5) is 21.6 Å². The molecule has 3 amide bonds. The summed E-state index contributed by atoms with van der Waals surface area (Å²) in [5.74, 6) is 0.207. The first-order chi connectivity index (χ1) is 20.8. The molecule has 0 aliphatic heterocycles. The van der Waals surface area contributed by atoms with Crippen LogP contribution in [0.15, 0.2) is 48.5 Å².